The Bertz CT molecular complexity index is 211. The van der Waals surface area contributed by atoms with Gasteiger partial charge >= 0.3 is 0 Å². The number of rotatable bonds is 4. The Morgan fingerprint density at radius 3 is 3.00 bits per heavy atom. The topological polar surface area (TPSA) is 30.7 Å². The molecule has 1 rings (SSSR count). The summed E-state index contributed by atoms with van der Waals surface area (Å²) in [6.07, 6.45) is 1.58. The molecule has 11 heavy (non-hydrogen) atoms. The van der Waals surface area contributed by atoms with Crippen molar-refractivity contribution in [2.75, 3.05) is 10.8 Å². The quantitative estimate of drug-likeness (QED) is 0.409. The van der Waals surface area contributed by atoms with Gasteiger partial charge in [-0.05, 0) is 5.75 Å². The summed E-state index contributed by atoms with van der Waals surface area (Å²) in [5.74, 6) is 1.16. The van der Waals surface area contributed by atoms with Crippen molar-refractivity contribution in [1.29, 1.82) is 0 Å². The van der Waals surface area contributed by atoms with Gasteiger partial charge in [0.25, 0.3) is 0 Å². The van der Waals surface area contributed by atoms with Gasteiger partial charge in [0.2, 0.25) is 0 Å². The monoisotopic (exact) mass is 189 g/mol. The van der Waals surface area contributed by atoms with Gasteiger partial charge in [-0.25, -0.2) is 9.67 Å². The molecule has 1 aromatic rings. The highest BCUT2D eigenvalue weighted by molar-refractivity contribution is 8.15. The molecule has 62 valence electrons. The Labute approximate surface area is 75.0 Å². The van der Waals surface area contributed by atoms with E-state index in [1.54, 1.807) is 22.8 Å². The summed E-state index contributed by atoms with van der Waals surface area (Å²) in [5.41, 5.74) is 0. The lowest BCUT2D eigenvalue weighted by molar-refractivity contribution is 0.686. The van der Waals surface area contributed by atoms with E-state index in [9.17, 15) is 0 Å². The molecule has 0 aliphatic rings. The van der Waals surface area contributed by atoms with Crippen molar-refractivity contribution < 1.29 is 0 Å². The third kappa shape index (κ3) is 2.75. The van der Waals surface area contributed by atoms with Crippen LogP contribution >= 0.6 is 23.5 Å². The van der Waals surface area contributed by atoms with E-state index in [2.05, 4.69) is 17.0 Å². The minimum absolute atomic E-state index is 0.992. The first-order valence-electron chi connectivity index (χ1n) is 3.39. The summed E-state index contributed by atoms with van der Waals surface area (Å²) in [4.78, 5) is 4.09. The Morgan fingerprint density at radius 2 is 2.45 bits per heavy atom. The normalized spacial score (nSPS) is 10.4. The predicted octanol–water partition coefficient (Wildman–Crippen LogP) is 1.62. The molecule has 0 saturated carbocycles. The highest BCUT2D eigenvalue weighted by Crippen LogP contribution is 2.18. The van der Waals surface area contributed by atoms with Gasteiger partial charge in [-0.2, -0.15) is 16.9 Å². The van der Waals surface area contributed by atoms with Crippen LogP contribution in [0.1, 0.15) is 6.92 Å². The summed E-state index contributed by atoms with van der Waals surface area (Å²) in [6, 6.07) is 0. The maximum absolute atomic E-state index is 4.09. The van der Waals surface area contributed by atoms with E-state index in [1.807, 2.05) is 18.8 Å². The lowest BCUT2D eigenvalue weighted by Gasteiger charge is -1.97. The molecule has 3 nitrogen and oxygen atoms in total. The maximum atomic E-state index is 4.09. The Balaban J connectivity index is 2.32. The largest absolute Gasteiger partial charge is 0.244 e. The molecular weight excluding hydrogens is 178 g/mol. The van der Waals surface area contributed by atoms with Crippen LogP contribution in [0.2, 0.25) is 0 Å². The average molecular weight is 189 g/mol. The number of thioether (sulfide) groups is 2. The van der Waals surface area contributed by atoms with Gasteiger partial charge in [-0.3, -0.25) is 0 Å². The highest BCUT2D eigenvalue weighted by Gasteiger charge is 1.98. The molecular formula is C6H11N3S2. The second-order valence-corrected chi connectivity index (χ2v) is 4.50. The zero-order chi connectivity index (χ0) is 8.10. The van der Waals surface area contributed by atoms with E-state index in [0.29, 0.717) is 0 Å². The zero-order valence-electron chi connectivity index (χ0n) is 6.65. The summed E-state index contributed by atoms with van der Waals surface area (Å²) >= 11 is 3.63. The molecule has 0 atom stereocenters. The van der Waals surface area contributed by atoms with Crippen LogP contribution in [-0.4, -0.2) is 25.6 Å². The fourth-order valence-corrected chi connectivity index (χ4v) is 2.37. The average Bonchev–Trinajstić information content (AvgIpc) is 2.37. The van der Waals surface area contributed by atoms with Gasteiger partial charge < -0.3 is 0 Å². The number of hydrogen-bond donors (Lipinski definition) is 0. The number of hydrogen-bond acceptors (Lipinski definition) is 4. The second kappa shape index (κ2) is 4.66. The minimum atomic E-state index is 0.992. The standard InChI is InChI=1S/C6H11N3S2/c1-3-10-5-11-6-7-4-8-9(6)2/h4H,3,5H2,1-2H3. The van der Waals surface area contributed by atoms with Gasteiger partial charge in [0, 0.05) is 12.1 Å². The molecule has 0 fully saturated rings. The molecule has 0 unspecified atom stereocenters. The molecule has 5 heteroatoms. The summed E-state index contributed by atoms with van der Waals surface area (Å²) in [6.45, 7) is 2.15. The van der Waals surface area contributed by atoms with Crippen molar-refractivity contribution in [2.24, 2.45) is 7.05 Å². The van der Waals surface area contributed by atoms with Crippen LogP contribution in [0.4, 0.5) is 0 Å². The van der Waals surface area contributed by atoms with Crippen molar-refractivity contribution in [3.05, 3.63) is 6.33 Å². The van der Waals surface area contributed by atoms with Crippen LogP contribution in [0.3, 0.4) is 0 Å². The maximum Gasteiger partial charge on any atom is 0.186 e. The van der Waals surface area contributed by atoms with Crippen LogP contribution < -0.4 is 0 Å². The lowest BCUT2D eigenvalue weighted by atomic mass is 11.0. The van der Waals surface area contributed by atoms with E-state index in [1.165, 1.54) is 0 Å². The van der Waals surface area contributed by atoms with Gasteiger partial charge in [0.15, 0.2) is 5.16 Å². The molecule has 0 bridgehead atoms. The first kappa shape index (κ1) is 8.93. The summed E-state index contributed by atoms with van der Waals surface area (Å²) in [7, 11) is 1.91. The predicted molar refractivity (Wildman–Crippen MR) is 49.9 cm³/mol. The fraction of sp³-hybridized carbons (Fsp3) is 0.667. The number of aromatic nitrogens is 3. The van der Waals surface area contributed by atoms with Crippen molar-refractivity contribution in [3.63, 3.8) is 0 Å². The van der Waals surface area contributed by atoms with Crippen molar-refractivity contribution in [1.82, 2.24) is 14.8 Å². The van der Waals surface area contributed by atoms with Crippen molar-refractivity contribution >= 4 is 23.5 Å². The van der Waals surface area contributed by atoms with E-state index >= 15 is 0 Å². The number of nitrogens with zero attached hydrogens (tertiary/aromatic N) is 3. The van der Waals surface area contributed by atoms with Crippen LogP contribution in [-0.2, 0) is 7.05 Å². The van der Waals surface area contributed by atoms with Crippen LogP contribution in [0.25, 0.3) is 0 Å². The Morgan fingerprint density at radius 1 is 1.64 bits per heavy atom. The molecule has 1 aromatic heterocycles. The zero-order valence-corrected chi connectivity index (χ0v) is 8.28. The SMILES string of the molecule is CCSCSc1ncnn1C. The molecule has 0 N–H and O–H groups in total. The van der Waals surface area contributed by atoms with Crippen LogP contribution in [0, 0.1) is 0 Å². The molecule has 1 heterocycles. The third-order valence-electron chi connectivity index (χ3n) is 1.15. The van der Waals surface area contributed by atoms with E-state index in [4.69, 9.17) is 0 Å². The lowest BCUT2D eigenvalue weighted by Crippen LogP contribution is -1.92. The fourth-order valence-electron chi connectivity index (χ4n) is 0.594. The molecule has 0 radical (unpaired) electrons. The van der Waals surface area contributed by atoms with E-state index in [-0.39, 0.29) is 0 Å². The Hall–Kier alpha value is -0.160. The minimum Gasteiger partial charge on any atom is -0.244 e. The highest BCUT2D eigenvalue weighted by atomic mass is 32.2. The van der Waals surface area contributed by atoms with Gasteiger partial charge in [0.05, 0.1) is 0 Å². The molecule has 0 amide bonds. The second-order valence-electron chi connectivity index (χ2n) is 1.92. The van der Waals surface area contributed by atoms with Gasteiger partial charge in [-0.1, -0.05) is 18.7 Å². The molecule has 0 saturated heterocycles. The summed E-state index contributed by atoms with van der Waals surface area (Å²) < 4.78 is 1.79. The van der Waals surface area contributed by atoms with E-state index < -0.39 is 0 Å². The first-order chi connectivity index (χ1) is 5.34. The van der Waals surface area contributed by atoms with Crippen LogP contribution in [0.5, 0.6) is 0 Å². The van der Waals surface area contributed by atoms with Crippen molar-refractivity contribution in [2.45, 2.75) is 12.1 Å². The van der Waals surface area contributed by atoms with Gasteiger partial charge in [-0.15, -0.1) is 0 Å². The summed E-state index contributed by atoms with van der Waals surface area (Å²) in [5, 5.41) is 6.02. The van der Waals surface area contributed by atoms with Crippen LogP contribution in [0.15, 0.2) is 11.5 Å². The molecule has 0 aromatic carbocycles. The smallest absolute Gasteiger partial charge is 0.186 e. The molecule has 0 aliphatic carbocycles. The molecule has 0 spiro atoms. The third-order valence-corrected chi connectivity index (χ3v) is 3.32. The Kier molecular flexibility index (Phi) is 3.79. The molecule has 0 aliphatic heterocycles. The van der Waals surface area contributed by atoms with Crippen molar-refractivity contribution in [3.8, 4) is 0 Å². The van der Waals surface area contributed by atoms with E-state index in [0.717, 1.165) is 16.0 Å². The first-order valence-corrected chi connectivity index (χ1v) is 5.53. The number of aryl methyl sites for hydroxylation is 1. The van der Waals surface area contributed by atoms with Gasteiger partial charge in [0.1, 0.15) is 6.33 Å².